The van der Waals surface area contributed by atoms with Gasteiger partial charge >= 0.3 is 0 Å². The monoisotopic (exact) mass is 250 g/mol. The molecular formula is C10H16F2N2OS. The lowest BCUT2D eigenvalue weighted by molar-refractivity contribution is -0.0491. The summed E-state index contributed by atoms with van der Waals surface area (Å²) < 4.78 is 25.6. The third-order valence-corrected chi connectivity index (χ3v) is 3.15. The molecular weight excluding hydrogens is 234 g/mol. The Morgan fingerprint density at radius 2 is 2.12 bits per heavy atom. The Balaban J connectivity index is 2.59. The fourth-order valence-electron chi connectivity index (χ4n) is 1.40. The summed E-state index contributed by atoms with van der Waals surface area (Å²) in [6.07, 6.45) is 0. The summed E-state index contributed by atoms with van der Waals surface area (Å²) in [4.78, 5) is 5.32. The van der Waals surface area contributed by atoms with Crippen LogP contribution >= 0.6 is 11.3 Å². The van der Waals surface area contributed by atoms with Crippen LogP contribution in [0.1, 0.15) is 28.5 Å². The van der Waals surface area contributed by atoms with E-state index in [4.69, 9.17) is 5.11 Å². The van der Waals surface area contributed by atoms with Gasteiger partial charge in [-0.25, -0.2) is 13.8 Å². The fourth-order valence-corrected chi connectivity index (χ4v) is 2.32. The van der Waals surface area contributed by atoms with Crippen molar-refractivity contribution in [2.75, 3.05) is 13.2 Å². The molecule has 0 aliphatic carbocycles. The second-order valence-corrected chi connectivity index (χ2v) is 5.20. The summed E-state index contributed by atoms with van der Waals surface area (Å²) in [6.45, 7) is 3.91. The number of hydrogen-bond donors (Lipinski definition) is 2. The quantitative estimate of drug-likeness (QED) is 0.840. The molecule has 92 valence electrons. The van der Waals surface area contributed by atoms with Crippen molar-refractivity contribution in [1.82, 2.24) is 10.3 Å². The van der Waals surface area contributed by atoms with Crippen molar-refractivity contribution in [1.29, 1.82) is 0 Å². The highest BCUT2D eigenvalue weighted by Crippen LogP contribution is 2.23. The molecule has 0 spiro atoms. The molecule has 0 aromatic carbocycles. The largest absolute Gasteiger partial charge is 0.390 e. The Bertz CT molecular complexity index is 355. The number of aliphatic hydroxyl groups is 1. The van der Waals surface area contributed by atoms with Crippen molar-refractivity contribution in [3.63, 3.8) is 0 Å². The van der Waals surface area contributed by atoms with Crippen molar-refractivity contribution in [2.24, 2.45) is 0 Å². The molecule has 0 amide bonds. The first-order chi connectivity index (χ1) is 7.35. The van der Waals surface area contributed by atoms with Gasteiger partial charge in [-0.15, -0.1) is 11.3 Å². The van der Waals surface area contributed by atoms with E-state index in [0.29, 0.717) is 0 Å². The highest BCUT2D eigenvalue weighted by molar-refractivity contribution is 7.11. The molecule has 1 heterocycles. The van der Waals surface area contributed by atoms with Crippen LogP contribution in [0.3, 0.4) is 0 Å². The van der Waals surface area contributed by atoms with E-state index in [1.165, 1.54) is 0 Å². The summed E-state index contributed by atoms with van der Waals surface area (Å²) in [5, 5.41) is 12.0. The van der Waals surface area contributed by atoms with E-state index in [9.17, 15) is 8.78 Å². The third kappa shape index (κ3) is 3.47. The second-order valence-electron chi connectivity index (χ2n) is 3.79. The highest BCUT2D eigenvalue weighted by atomic mass is 32.1. The van der Waals surface area contributed by atoms with Gasteiger partial charge in [0.05, 0.1) is 17.2 Å². The molecule has 3 nitrogen and oxygen atoms in total. The fraction of sp³-hybridized carbons (Fsp3) is 0.700. The van der Waals surface area contributed by atoms with E-state index in [1.54, 1.807) is 18.3 Å². The van der Waals surface area contributed by atoms with Gasteiger partial charge < -0.3 is 10.4 Å². The molecule has 1 aromatic rings. The number of halogens is 2. The van der Waals surface area contributed by atoms with Gasteiger partial charge in [-0.1, -0.05) is 0 Å². The van der Waals surface area contributed by atoms with Crippen LogP contribution in [0.25, 0.3) is 0 Å². The Morgan fingerprint density at radius 1 is 1.50 bits per heavy atom. The van der Waals surface area contributed by atoms with Crippen LogP contribution in [-0.2, 0) is 0 Å². The summed E-state index contributed by atoms with van der Waals surface area (Å²) in [6, 6.07) is -0.234. The molecule has 0 fully saturated rings. The standard InChI is InChI=1S/C10H16F2N2OS/c1-6(13-4-10(11,12)5-15)9-7(2)16-8(3)14-9/h6,13,15H,4-5H2,1-3H3. The molecule has 0 aliphatic heterocycles. The molecule has 1 atom stereocenters. The molecule has 16 heavy (non-hydrogen) atoms. The molecule has 1 aromatic heterocycles. The predicted octanol–water partition coefficient (Wildman–Crippen LogP) is 2.04. The third-order valence-electron chi connectivity index (χ3n) is 2.25. The summed E-state index contributed by atoms with van der Waals surface area (Å²) in [5.74, 6) is -3.08. The van der Waals surface area contributed by atoms with Crippen LogP contribution < -0.4 is 5.32 Å². The zero-order valence-electron chi connectivity index (χ0n) is 9.55. The van der Waals surface area contributed by atoms with Crippen molar-refractivity contribution in [3.05, 3.63) is 15.6 Å². The maximum atomic E-state index is 12.8. The van der Waals surface area contributed by atoms with Crippen molar-refractivity contribution in [3.8, 4) is 0 Å². The first-order valence-electron chi connectivity index (χ1n) is 5.02. The van der Waals surface area contributed by atoms with Crippen molar-refractivity contribution < 1.29 is 13.9 Å². The smallest absolute Gasteiger partial charge is 0.282 e. The predicted molar refractivity (Wildman–Crippen MR) is 60.0 cm³/mol. The molecule has 2 N–H and O–H groups in total. The maximum absolute atomic E-state index is 12.8. The number of thiazole rings is 1. The number of alkyl halides is 2. The average molecular weight is 250 g/mol. The minimum Gasteiger partial charge on any atom is -0.390 e. The van der Waals surface area contributed by atoms with Gasteiger partial charge in [0.15, 0.2) is 0 Å². The number of aryl methyl sites for hydroxylation is 2. The van der Waals surface area contributed by atoms with E-state index in [2.05, 4.69) is 10.3 Å². The van der Waals surface area contributed by atoms with Crippen LogP contribution in [0.4, 0.5) is 8.78 Å². The minimum absolute atomic E-state index is 0.234. The molecule has 6 heteroatoms. The second kappa shape index (κ2) is 5.16. The Labute approximate surface area is 97.5 Å². The van der Waals surface area contributed by atoms with Gasteiger partial charge in [0.1, 0.15) is 6.61 Å². The first kappa shape index (κ1) is 13.5. The molecule has 0 radical (unpaired) electrons. The lowest BCUT2D eigenvalue weighted by atomic mass is 10.2. The Morgan fingerprint density at radius 3 is 2.56 bits per heavy atom. The van der Waals surface area contributed by atoms with E-state index in [1.807, 2.05) is 13.8 Å². The summed E-state index contributed by atoms with van der Waals surface area (Å²) >= 11 is 1.55. The van der Waals surface area contributed by atoms with Crippen molar-refractivity contribution in [2.45, 2.75) is 32.7 Å². The van der Waals surface area contributed by atoms with Crippen LogP contribution in [-0.4, -0.2) is 29.2 Å². The van der Waals surface area contributed by atoms with Crippen LogP contribution in [0.15, 0.2) is 0 Å². The van der Waals surface area contributed by atoms with E-state index >= 15 is 0 Å². The van der Waals surface area contributed by atoms with E-state index in [0.717, 1.165) is 15.6 Å². The molecule has 0 saturated heterocycles. The number of nitrogens with zero attached hydrogens (tertiary/aromatic N) is 1. The van der Waals surface area contributed by atoms with Gasteiger partial charge in [0, 0.05) is 10.9 Å². The topological polar surface area (TPSA) is 45.2 Å². The molecule has 0 aliphatic rings. The zero-order chi connectivity index (χ0) is 12.3. The molecule has 1 unspecified atom stereocenters. The number of aliphatic hydroxyl groups excluding tert-OH is 1. The number of hydrogen-bond acceptors (Lipinski definition) is 4. The molecule has 0 saturated carbocycles. The van der Waals surface area contributed by atoms with Gasteiger partial charge in [-0.3, -0.25) is 0 Å². The van der Waals surface area contributed by atoms with E-state index < -0.39 is 19.1 Å². The number of aromatic nitrogens is 1. The van der Waals surface area contributed by atoms with Crippen LogP contribution in [0.5, 0.6) is 0 Å². The summed E-state index contributed by atoms with van der Waals surface area (Å²) in [5.41, 5.74) is 0.802. The first-order valence-corrected chi connectivity index (χ1v) is 5.83. The Hall–Kier alpha value is -0.590. The van der Waals surface area contributed by atoms with Crippen molar-refractivity contribution >= 4 is 11.3 Å². The van der Waals surface area contributed by atoms with E-state index in [-0.39, 0.29) is 6.04 Å². The number of nitrogens with one attached hydrogen (secondary N) is 1. The highest BCUT2D eigenvalue weighted by Gasteiger charge is 2.28. The van der Waals surface area contributed by atoms with Gasteiger partial charge in [0.25, 0.3) is 5.92 Å². The Kier molecular flexibility index (Phi) is 4.35. The van der Waals surface area contributed by atoms with Gasteiger partial charge in [-0.05, 0) is 20.8 Å². The summed E-state index contributed by atoms with van der Waals surface area (Å²) in [7, 11) is 0. The van der Waals surface area contributed by atoms with Gasteiger partial charge in [0.2, 0.25) is 0 Å². The normalized spacial score (nSPS) is 14.1. The molecule has 1 rings (SSSR count). The minimum atomic E-state index is -3.08. The zero-order valence-corrected chi connectivity index (χ0v) is 10.4. The molecule has 0 bridgehead atoms. The number of rotatable bonds is 5. The average Bonchev–Trinajstić information content (AvgIpc) is 2.54. The maximum Gasteiger partial charge on any atom is 0.282 e. The van der Waals surface area contributed by atoms with Crippen LogP contribution in [0.2, 0.25) is 0 Å². The lowest BCUT2D eigenvalue weighted by Crippen LogP contribution is -2.37. The van der Waals surface area contributed by atoms with Crippen LogP contribution in [0, 0.1) is 13.8 Å². The van der Waals surface area contributed by atoms with Gasteiger partial charge in [-0.2, -0.15) is 0 Å². The lowest BCUT2D eigenvalue weighted by Gasteiger charge is -2.18. The SMILES string of the molecule is Cc1nc(C(C)NCC(F)(F)CO)c(C)s1.